The zero-order valence-electron chi connectivity index (χ0n) is 13.2. The lowest BCUT2D eigenvalue weighted by atomic mass is 10.1. The van der Waals surface area contributed by atoms with Crippen molar-refractivity contribution in [1.29, 1.82) is 0 Å². The Kier molecular flexibility index (Phi) is 7.55. The second kappa shape index (κ2) is 8.93. The predicted octanol–water partition coefficient (Wildman–Crippen LogP) is 2.71. The van der Waals surface area contributed by atoms with E-state index in [0.717, 1.165) is 50.3 Å². The summed E-state index contributed by atoms with van der Waals surface area (Å²) in [6.07, 6.45) is 2.16. The average molecular weight is 281 g/mol. The Balaban J connectivity index is 2.59. The lowest BCUT2D eigenvalue weighted by Gasteiger charge is -2.21. The van der Waals surface area contributed by atoms with E-state index in [4.69, 9.17) is 0 Å². The summed E-state index contributed by atoms with van der Waals surface area (Å²) in [5.74, 6) is -0.157. The van der Waals surface area contributed by atoms with Crippen LogP contribution in [-0.2, 0) is 6.54 Å². The van der Waals surface area contributed by atoms with Crippen molar-refractivity contribution in [2.45, 2.75) is 26.3 Å². The smallest absolute Gasteiger partial charge is 0.125 e. The van der Waals surface area contributed by atoms with Gasteiger partial charge in [0, 0.05) is 25.8 Å². The van der Waals surface area contributed by atoms with Crippen LogP contribution < -0.4 is 10.2 Å². The van der Waals surface area contributed by atoms with Gasteiger partial charge in [-0.3, -0.25) is 0 Å². The van der Waals surface area contributed by atoms with Crippen molar-refractivity contribution in [2.24, 2.45) is 0 Å². The fourth-order valence-electron chi connectivity index (χ4n) is 2.12. The molecule has 0 saturated carbocycles. The molecule has 1 aromatic rings. The first-order valence-electron chi connectivity index (χ1n) is 7.39. The Bertz CT molecular complexity index is 393. The largest absolute Gasteiger partial charge is 0.374 e. The lowest BCUT2D eigenvalue weighted by molar-refractivity contribution is 0.401. The summed E-state index contributed by atoms with van der Waals surface area (Å²) in [5, 5.41) is 3.31. The van der Waals surface area contributed by atoms with Gasteiger partial charge in [-0.2, -0.15) is 0 Å². The van der Waals surface area contributed by atoms with E-state index in [1.165, 1.54) is 0 Å². The van der Waals surface area contributed by atoms with Gasteiger partial charge in [0.15, 0.2) is 0 Å². The maximum atomic E-state index is 13.7. The maximum absolute atomic E-state index is 13.7. The third-order valence-corrected chi connectivity index (χ3v) is 3.24. The number of hydrogen-bond donors (Lipinski definition) is 1. The molecule has 20 heavy (non-hydrogen) atoms. The molecule has 0 amide bonds. The van der Waals surface area contributed by atoms with Crippen molar-refractivity contribution >= 4 is 5.69 Å². The van der Waals surface area contributed by atoms with Crippen LogP contribution in [0, 0.1) is 5.82 Å². The molecule has 0 aromatic heterocycles. The summed E-state index contributed by atoms with van der Waals surface area (Å²) >= 11 is 0. The molecule has 0 fully saturated rings. The molecular formula is C16H28FN3. The molecule has 0 radical (unpaired) electrons. The first-order valence-corrected chi connectivity index (χ1v) is 7.39. The van der Waals surface area contributed by atoms with Crippen LogP contribution in [0.3, 0.4) is 0 Å². The minimum atomic E-state index is -0.157. The molecule has 0 unspecified atom stereocenters. The van der Waals surface area contributed by atoms with Crippen LogP contribution in [0.1, 0.15) is 25.3 Å². The molecule has 0 saturated heterocycles. The number of nitrogens with one attached hydrogen (secondary N) is 1. The van der Waals surface area contributed by atoms with Gasteiger partial charge >= 0.3 is 0 Å². The first-order chi connectivity index (χ1) is 9.52. The van der Waals surface area contributed by atoms with Gasteiger partial charge in [-0.05, 0) is 63.8 Å². The Hall–Kier alpha value is -1.13. The minimum absolute atomic E-state index is 0.157. The van der Waals surface area contributed by atoms with Crippen LogP contribution in [-0.4, -0.2) is 45.7 Å². The molecule has 1 N–H and O–H groups in total. The molecule has 0 heterocycles. The van der Waals surface area contributed by atoms with E-state index < -0.39 is 0 Å². The van der Waals surface area contributed by atoms with Crippen LogP contribution in [0.25, 0.3) is 0 Å². The molecule has 0 spiro atoms. The predicted molar refractivity (Wildman–Crippen MR) is 84.8 cm³/mol. The fourth-order valence-corrected chi connectivity index (χ4v) is 2.12. The zero-order valence-corrected chi connectivity index (χ0v) is 13.2. The number of nitrogens with zero attached hydrogens (tertiary/aromatic N) is 2. The molecule has 4 heteroatoms. The van der Waals surface area contributed by atoms with Crippen LogP contribution in [0.2, 0.25) is 0 Å². The highest BCUT2D eigenvalue weighted by Crippen LogP contribution is 2.18. The maximum Gasteiger partial charge on any atom is 0.125 e. The molecule has 114 valence electrons. The summed E-state index contributed by atoms with van der Waals surface area (Å²) in [6.45, 7) is 5.80. The second-order valence-electron chi connectivity index (χ2n) is 5.57. The Labute approximate surface area is 122 Å². The molecule has 0 atom stereocenters. The second-order valence-corrected chi connectivity index (χ2v) is 5.57. The van der Waals surface area contributed by atoms with E-state index in [0.29, 0.717) is 0 Å². The third-order valence-electron chi connectivity index (χ3n) is 3.24. The SMILES string of the molecule is CCCNCc1cc(F)cc(N(C)CCCN(C)C)c1. The van der Waals surface area contributed by atoms with E-state index in [-0.39, 0.29) is 5.82 Å². The van der Waals surface area contributed by atoms with Gasteiger partial charge in [-0.15, -0.1) is 0 Å². The van der Waals surface area contributed by atoms with Crippen LogP contribution in [0.5, 0.6) is 0 Å². The van der Waals surface area contributed by atoms with E-state index in [1.807, 2.05) is 7.05 Å². The fraction of sp³-hybridized carbons (Fsp3) is 0.625. The standard InChI is InChI=1S/C16H28FN3/c1-5-7-18-13-14-10-15(17)12-16(11-14)20(4)9-6-8-19(2)3/h10-12,18H,5-9,13H2,1-4H3. The molecule has 0 bridgehead atoms. The number of halogens is 1. The summed E-state index contributed by atoms with van der Waals surface area (Å²) in [7, 11) is 6.16. The molecule has 1 rings (SSSR count). The topological polar surface area (TPSA) is 18.5 Å². The highest BCUT2D eigenvalue weighted by molar-refractivity contribution is 5.48. The van der Waals surface area contributed by atoms with Gasteiger partial charge in [0.2, 0.25) is 0 Å². The van der Waals surface area contributed by atoms with Gasteiger partial charge in [-0.1, -0.05) is 6.92 Å². The Morgan fingerprint density at radius 1 is 1.10 bits per heavy atom. The highest BCUT2D eigenvalue weighted by Gasteiger charge is 2.05. The Morgan fingerprint density at radius 2 is 1.85 bits per heavy atom. The molecule has 3 nitrogen and oxygen atoms in total. The highest BCUT2D eigenvalue weighted by atomic mass is 19.1. The van der Waals surface area contributed by atoms with Crippen LogP contribution in [0.4, 0.5) is 10.1 Å². The third kappa shape index (κ3) is 6.35. The molecular weight excluding hydrogens is 253 g/mol. The summed E-state index contributed by atoms with van der Waals surface area (Å²) in [6, 6.07) is 5.29. The molecule has 1 aromatic carbocycles. The minimum Gasteiger partial charge on any atom is -0.374 e. The molecule has 0 aliphatic carbocycles. The first kappa shape index (κ1) is 16.9. The van der Waals surface area contributed by atoms with Crippen molar-refractivity contribution < 1.29 is 4.39 Å². The van der Waals surface area contributed by atoms with E-state index in [1.54, 1.807) is 12.1 Å². The van der Waals surface area contributed by atoms with E-state index in [9.17, 15) is 4.39 Å². The monoisotopic (exact) mass is 281 g/mol. The van der Waals surface area contributed by atoms with E-state index in [2.05, 4.69) is 42.2 Å². The summed E-state index contributed by atoms with van der Waals surface area (Å²) in [4.78, 5) is 4.29. The van der Waals surface area contributed by atoms with Crippen molar-refractivity contribution in [3.05, 3.63) is 29.6 Å². The number of rotatable bonds is 9. The van der Waals surface area contributed by atoms with Crippen molar-refractivity contribution in [3.63, 3.8) is 0 Å². The average Bonchev–Trinajstić information content (AvgIpc) is 2.38. The number of anilines is 1. The number of benzene rings is 1. The van der Waals surface area contributed by atoms with E-state index >= 15 is 0 Å². The quantitative estimate of drug-likeness (QED) is 0.702. The van der Waals surface area contributed by atoms with Crippen molar-refractivity contribution in [1.82, 2.24) is 10.2 Å². The van der Waals surface area contributed by atoms with Crippen LogP contribution >= 0.6 is 0 Å². The summed E-state index contributed by atoms with van der Waals surface area (Å²) in [5.41, 5.74) is 1.96. The molecule has 0 aliphatic rings. The van der Waals surface area contributed by atoms with Gasteiger partial charge in [0.25, 0.3) is 0 Å². The number of hydrogen-bond acceptors (Lipinski definition) is 3. The molecule has 0 aliphatic heterocycles. The van der Waals surface area contributed by atoms with Crippen molar-refractivity contribution in [3.8, 4) is 0 Å². The van der Waals surface area contributed by atoms with Crippen LogP contribution in [0.15, 0.2) is 18.2 Å². The van der Waals surface area contributed by atoms with Gasteiger partial charge in [0.05, 0.1) is 0 Å². The zero-order chi connectivity index (χ0) is 15.0. The van der Waals surface area contributed by atoms with Gasteiger partial charge in [0.1, 0.15) is 5.82 Å². The lowest BCUT2D eigenvalue weighted by Crippen LogP contribution is -2.23. The van der Waals surface area contributed by atoms with Gasteiger partial charge in [-0.25, -0.2) is 4.39 Å². The Morgan fingerprint density at radius 3 is 2.50 bits per heavy atom. The summed E-state index contributed by atoms with van der Waals surface area (Å²) < 4.78 is 13.7. The normalized spacial score (nSPS) is 11.1. The van der Waals surface area contributed by atoms with Crippen molar-refractivity contribution in [2.75, 3.05) is 45.7 Å². The van der Waals surface area contributed by atoms with Gasteiger partial charge < -0.3 is 15.1 Å².